The average Bonchev–Trinajstić information content (AvgIpc) is 2.52. The summed E-state index contributed by atoms with van der Waals surface area (Å²) in [6.45, 7) is 1.84. The molecule has 0 radical (unpaired) electrons. The van der Waals surface area contributed by atoms with Gasteiger partial charge in [-0.15, -0.1) is 0 Å². The van der Waals surface area contributed by atoms with Crippen molar-refractivity contribution in [2.75, 3.05) is 0 Å². The number of fused-ring (bicyclic) bond motifs is 1. The molecule has 0 bridgehead atoms. The van der Waals surface area contributed by atoms with Crippen LogP contribution in [-0.4, -0.2) is 16.8 Å². The number of carbonyl (C=O) groups is 2. The van der Waals surface area contributed by atoms with Crippen molar-refractivity contribution in [3.05, 3.63) is 66.4 Å². The molecule has 0 unspecified atom stereocenters. The lowest BCUT2D eigenvalue weighted by Crippen LogP contribution is -2.41. The Kier molecular flexibility index (Phi) is 4.82. The molecule has 0 spiro atoms. The van der Waals surface area contributed by atoms with Gasteiger partial charge in [-0.3, -0.25) is 20.4 Å². The Hall–Kier alpha value is -2.95. The predicted octanol–water partition coefficient (Wildman–Crippen LogP) is 2.13. The summed E-state index contributed by atoms with van der Waals surface area (Å²) in [5.74, 6) is -0.879. The standard InChI is InChI=1S/C16H15N3O2/c1-2-3-4-9-15(20)18-19-16(21)14-11-10-12-7-5-6-8-13(12)17-14/h2-11H,1H3,(H,18,20)(H,19,21). The summed E-state index contributed by atoms with van der Waals surface area (Å²) in [6.07, 6.45) is 6.40. The lowest BCUT2D eigenvalue weighted by atomic mass is 10.2. The smallest absolute Gasteiger partial charge is 0.268 e. The molecule has 5 heteroatoms. The number of hydrogen-bond acceptors (Lipinski definition) is 3. The molecule has 1 heterocycles. The topological polar surface area (TPSA) is 71.1 Å². The van der Waals surface area contributed by atoms with Crippen molar-refractivity contribution >= 4 is 22.7 Å². The Balaban J connectivity index is 2.00. The van der Waals surface area contributed by atoms with Gasteiger partial charge >= 0.3 is 0 Å². The second-order valence-corrected chi connectivity index (χ2v) is 4.22. The molecule has 21 heavy (non-hydrogen) atoms. The van der Waals surface area contributed by atoms with Gasteiger partial charge in [0.2, 0.25) is 0 Å². The number of hydrazine groups is 1. The monoisotopic (exact) mass is 281 g/mol. The van der Waals surface area contributed by atoms with E-state index in [1.807, 2.05) is 37.3 Å². The first-order valence-corrected chi connectivity index (χ1v) is 6.46. The molecule has 0 atom stereocenters. The first kappa shape index (κ1) is 14.5. The molecule has 2 N–H and O–H groups in total. The summed E-state index contributed by atoms with van der Waals surface area (Å²) in [5, 5.41) is 0.951. The SMILES string of the molecule is CC=CC=CC(=O)NNC(=O)c1ccc2ccccc2n1. The van der Waals surface area contributed by atoms with Crippen molar-refractivity contribution in [3.8, 4) is 0 Å². The molecule has 0 aliphatic carbocycles. The van der Waals surface area contributed by atoms with E-state index < -0.39 is 11.8 Å². The van der Waals surface area contributed by atoms with Crippen molar-refractivity contribution in [2.24, 2.45) is 0 Å². The third kappa shape index (κ3) is 4.01. The van der Waals surface area contributed by atoms with Crippen LogP contribution in [0.25, 0.3) is 10.9 Å². The van der Waals surface area contributed by atoms with Gasteiger partial charge in [0.15, 0.2) is 0 Å². The molecule has 5 nitrogen and oxygen atoms in total. The van der Waals surface area contributed by atoms with Crippen LogP contribution in [0.5, 0.6) is 0 Å². The summed E-state index contributed by atoms with van der Waals surface area (Å²) in [7, 11) is 0. The number of benzene rings is 1. The first-order valence-electron chi connectivity index (χ1n) is 6.46. The van der Waals surface area contributed by atoms with Crippen LogP contribution in [0.3, 0.4) is 0 Å². The summed E-state index contributed by atoms with van der Waals surface area (Å²) in [5.41, 5.74) is 5.57. The maximum atomic E-state index is 11.9. The number of nitrogens with one attached hydrogen (secondary N) is 2. The highest BCUT2D eigenvalue weighted by Crippen LogP contribution is 2.11. The molecule has 0 saturated heterocycles. The summed E-state index contributed by atoms with van der Waals surface area (Å²) >= 11 is 0. The van der Waals surface area contributed by atoms with Crippen molar-refractivity contribution < 1.29 is 9.59 Å². The van der Waals surface area contributed by atoms with Gasteiger partial charge in [0.25, 0.3) is 11.8 Å². The van der Waals surface area contributed by atoms with Crippen molar-refractivity contribution in [3.63, 3.8) is 0 Å². The molecular weight excluding hydrogens is 266 g/mol. The van der Waals surface area contributed by atoms with Crippen molar-refractivity contribution in [1.82, 2.24) is 15.8 Å². The number of allylic oxidation sites excluding steroid dienone is 3. The fourth-order valence-corrected chi connectivity index (χ4v) is 1.67. The third-order valence-corrected chi connectivity index (χ3v) is 2.68. The minimum absolute atomic E-state index is 0.242. The second-order valence-electron chi connectivity index (χ2n) is 4.22. The highest BCUT2D eigenvalue weighted by molar-refractivity contribution is 5.97. The van der Waals surface area contributed by atoms with Gasteiger partial charge in [0.1, 0.15) is 5.69 Å². The van der Waals surface area contributed by atoms with Gasteiger partial charge in [-0.05, 0) is 19.1 Å². The minimum Gasteiger partial charge on any atom is -0.268 e. The average molecular weight is 281 g/mol. The minimum atomic E-state index is -0.464. The number of carbonyl (C=O) groups excluding carboxylic acids is 2. The number of nitrogens with zero attached hydrogens (tertiary/aromatic N) is 1. The summed E-state index contributed by atoms with van der Waals surface area (Å²) < 4.78 is 0. The van der Waals surface area contributed by atoms with Gasteiger partial charge in [-0.1, -0.05) is 42.5 Å². The number of amides is 2. The maximum Gasteiger partial charge on any atom is 0.288 e. The van der Waals surface area contributed by atoms with Gasteiger partial charge in [0.05, 0.1) is 5.52 Å². The van der Waals surface area contributed by atoms with Crippen molar-refractivity contribution in [2.45, 2.75) is 6.92 Å². The van der Waals surface area contributed by atoms with Crippen LogP contribution in [-0.2, 0) is 4.79 Å². The molecule has 0 aliphatic heterocycles. The van der Waals surface area contributed by atoms with Crippen LogP contribution in [0, 0.1) is 0 Å². The Labute approximate surface area is 122 Å². The Morgan fingerprint density at radius 1 is 1.05 bits per heavy atom. The van der Waals surface area contributed by atoms with Gasteiger partial charge < -0.3 is 0 Å². The third-order valence-electron chi connectivity index (χ3n) is 2.68. The van der Waals surface area contributed by atoms with E-state index in [1.165, 1.54) is 6.08 Å². The van der Waals surface area contributed by atoms with Crippen LogP contribution in [0.4, 0.5) is 0 Å². The molecule has 2 amide bonds. The molecule has 1 aromatic carbocycles. The fourth-order valence-electron chi connectivity index (χ4n) is 1.67. The largest absolute Gasteiger partial charge is 0.288 e. The lowest BCUT2D eigenvalue weighted by molar-refractivity contribution is -0.117. The highest BCUT2D eigenvalue weighted by Gasteiger charge is 2.08. The van der Waals surface area contributed by atoms with E-state index in [2.05, 4.69) is 15.8 Å². The fraction of sp³-hybridized carbons (Fsp3) is 0.0625. The molecular formula is C16H15N3O2. The number of hydrogen-bond donors (Lipinski definition) is 2. The van der Waals surface area contributed by atoms with E-state index in [0.717, 1.165) is 10.9 Å². The van der Waals surface area contributed by atoms with E-state index in [-0.39, 0.29) is 5.69 Å². The molecule has 2 rings (SSSR count). The van der Waals surface area contributed by atoms with E-state index in [4.69, 9.17) is 0 Å². The molecule has 1 aromatic heterocycles. The zero-order chi connectivity index (χ0) is 15.1. The van der Waals surface area contributed by atoms with E-state index in [1.54, 1.807) is 24.3 Å². The summed E-state index contributed by atoms with van der Waals surface area (Å²) in [4.78, 5) is 27.5. The quantitative estimate of drug-likeness (QED) is 0.514. The zero-order valence-electron chi connectivity index (χ0n) is 11.5. The highest BCUT2D eigenvalue weighted by atomic mass is 16.2. The van der Waals surface area contributed by atoms with Crippen LogP contribution in [0.2, 0.25) is 0 Å². The van der Waals surface area contributed by atoms with Crippen LogP contribution in [0.15, 0.2) is 60.7 Å². The van der Waals surface area contributed by atoms with Gasteiger partial charge in [-0.2, -0.15) is 0 Å². The normalized spacial score (nSPS) is 11.1. The Morgan fingerprint density at radius 2 is 1.86 bits per heavy atom. The van der Waals surface area contributed by atoms with Gasteiger partial charge in [0, 0.05) is 11.5 Å². The zero-order valence-corrected chi connectivity index (χ0v) is 11.5. The number of para-hydroxylation sites is 1. The van der Waals surface area contributed by atoms with Crippen LogP contribution in [0.1, 0.15) is 17.4 Å². The lowest BCUT2D eigenvalue weighted by Gasteiger charge is -2.05. The molecule has 0 fully saturated rings. The van der Waals surface area contributed by atoms with Crippen molar-refractivity contribution in [1.29, 1.82) is 0 Å². The van der Waals surface area contributed by atoms with Crippen LogP contribution >= 0.6 is 0 Å². The second kappa shape index (κ2) is 7.00. The molecule has 2 aromatic rings. The molecule has 0 saturated carbocycles. The number of rotatable bonds is 3. The molecule has 106 valence electrons. The first-order chi connectivity index (χ1) is 10.2. The summed E-state index contributed by atoms with van der Waals surface area (Å²) in [6, 6.07) is 10.9. The van der Waals surface area contributed by atoms with Crippen LogP contribution < -0.4 is 10.9 Å². The number of pyridine rings is 1. The Bertz CT molecular complexity index is 720. The van der Waals surface area contributed by atoms with Gasteiger partial charge in [-0.25, -0.2) is 4.98 Å². The maximum absolute atomic E-state index is 11.9. The van der Waals surface area contributed by atoms with E-state index in [0.29, 0.717) is 0 Å². The van der Waals surface area contributed by atoms with E-state index >= 15 is 0 Å². The van der Waals surface area contributed by atoms with E-state index in [9.17, 15) is 9.59 Å². The Morgan fingerprint density at radius 3 is 2.67 bits per heavy atom. The molecule has 0 aliphatic rings. The number of aromatic nitrogens is 1. The predicted molar refractivity (Wildman–Crippen MR) is 81.3 cm³/mol.